The van der Waals surface area contributed by atoms with Gasteiger partial charge in [0, 0.05) is 25.9 Å². The van der Waals surface area contributed by atoms with E-state index in [2.05, 4.69) is 20.5 Å². The predicted molar refractivity (Wildman–Crippen MR) is 81.7 cm³/mol. The van der Waals surface area contributed by atoms with Crippen LogP contribution in [-0.4, -0.2) is 39.6 Å². The minimum absolute atomic E-state index is 0.0105. The molecule has 1 aliphatic heterocycles. The lowest BCUT2D eigenvalue weighted by Gasteiger charge is -2.24. The monoisotopic (exact) mass is 299 g/mol. The molecule has 114 valence electrons. The van der Waals surface area contributed by atoms with E-state index in [0.717, 1.165) is 24.2 Å². The highest BCUT2D eigenvalue weighted by molar-refractivity contribution is 5.92. The molecule has 0 spiro atoms. The number of nitrogens with one attached hydrogen (secondary N) is 2. The summed E-state index contributed by atoms with van der Waals surface area (Å²) >= 11 is 0. The second-order valence-corrected chi connectivity index (χ2v) is 5.19. The van der Waals surface area contributed by atoms with E-state index in [-0.39, 0.29) is 23.2 Å². The van der Waals surface area contributed by atoms with Crippen molar-refractivity contribution in [2.24, 2.45) is 0 Å². The van der Waals surface area contributed by atoms with Crippen LogP contribution in [-0.2, 0) is 0 Å². The summed E-state index contributed by atoms with van der Waals surface area (Å²) < 4.78 is 0. The van der Waals surface area contributed by atoms with Crippen molar-refractivity contribution in [2.75, 3.05) is 18.9 Å². The van der Waals surface area contributed by atoms with E-state index in [9.17, 15) is 9.59 Å². The van der Waals surface area contributed by atoms with Crippen LogP contribution in [0.25, 0.3) is 0 Å². The van der Waals surface area contributed by atoms with Crippen LogP contribution in [0, 0.1) is 0 Å². The topological polar surface area (TPSA) is 91.0 Å². The molecule has 0 unspecified atom stereocenters. The Hall–Kier alpha value is -2.70. The van der Waals surface area contributed by atoms with Crippen molar-refractivity contribution < 1.29 is 4.79 Å². The summed E-state index contributed by atoms with van der Waals surface area (Å²) in [6.07, 6.45) is 3.58. The minimum Gasteiger partial charge on any atom is -0.373 e. The average molecular weight is 299 g/mol. The SMILES string of the molecule is CNc1cc([C@@H]2CCCN2C(=O)c2ccc(=O)[nH]n2)ccn1. The molecule has 1 aliphatic rings. The highest BCUT2D eigenvalue weighted by Crippen LogP contribution is 2.33. The highest BCUT2D eigenvalue weighted by Gasteiger charge is 2.31. The van der Waals surface area contributed by atoms with Crippen LogP contribution in [0.5, 0.6) is 0 Å². The van der Waals surface area contributed by atoms with Crippen molar-refractivity contribution in [1.29, 1.82) is 0 Å². The third kappa shape index (κ3) is 2.69. The summed E-state index contributed by atoms with van der Waals surface area (Å²) in [5.74, 6) is 0.612. The fourth-order valence-corrected chi connectivity index (χ4v) is 2.76. The Balaban J connectivity index is 1.87. The molecule has 2 aromatic rings. The second kappa shape index (κ2) is 5.97. The molecule has 3 heterocycles. The summed E-state index contributed by atoms with van der Waals surface area (Å²) in [5.41, 5.74) is 0.992. The molecule has 1 fully saturated rings. The normalized spacial score (nSPS) is 17.5. The molecule has 0 aliphatic carbocycles. The first-order valence-electron chi connectivity index (χ1n) is 7.19. The highest BCUT2D eigenvalue weighted by atomic mass is 16.2. The molecule has 0 bridgehead atoms. The number of hydrogen-bond donors (Lipinski definition) is 2. The second-order valence-electron chi connectivity index (χ2n) is 5.19. The lowest BCUT2D eigenvalue weighted by atomic mass is 10.1. The lowest BCUT2D eigenvalue weighted by Crippen LogP contribution is -2.32. The number of likely N-dealkylation sites (tertiary alicyclic amines) is 1. The van der Waals surface area contributed by atoms with Gasteiger partial charge in [0.05, 0.1) is 6.04 Å². The minimum atomic E-state index is -0.317. The van der Waals surface area contributed by atoms with E-state index in [1.54, 1.807) is 11.1 Å². The van der Waals surface area contributed by atoms with Crippen molar-refractivity contribution in [3.8, 4) is 0 Å². The van der Waals surface area contributed by atoms with E-state index >= 15 is 0 Å². The summed E-state index contributed by atoms with van der Waals surface area (Å²) in [6.45, 7) is 0.682. The van der Waals surface area contributed by atoms with E-state index in [0.29, 0.717) is 6.54 Å². The first-order valence-corrected chi connectivity index (χ1v) is 7.19. The number of aromatic nitrogens is 3. The molecule has 0 saturated carbocycles. The Bertz CT molecular complexity index is 722. The summed E-state index contributed by atoms with van der Waals surface area (Å²) in [7, 11) is 1.81. The van der Waals surface area contributed by atoms with Crippen LogP contribution < -0.4 is 10.9 Å². The number of carbonyl (C=O) groups excluding carboxylic acids is 1. The van der Waals surface area contributed by atoms with Gasteiger partial charge in [-0.3, -0.25) is 9.59 Å². The van der Waals surface area contributed by atoms with Gasteiger partial charge in [-0.15, -0.1) is 0 Å². The average Bonchev–Trinajstić information content (AvgIpc) is 3.04. The molecule has 7 nitrogen and oxygen atoms in total. The molecule has 3 rings (SSSR count). The fraction of sp³-hybridized carbons (Fsp3) is 0.333. The van der Waals surface area contributed by atoms with Gasteiger partial charge in [-0.05, 0) is 36.6 Å². The summed E-state index contributed by atoms with van der Waals surface area (Å²) in [4.78, 5) is 29.7. The lowest BCUT2D eigenvalue weighted by molar-refractivity contribution is 0.0728. The van der Waals surface area contributed by atoms with E-state index in [1.165, 1.54) is 12.1 Å². The Morgan fingerprint density at radius 3 is 3.00 bits per heavy atom. The van der Waals surface area contributed by atoms with Crippen molar-refractivity contribution in [1.82, 2.24) is 20.1 Å². The number of hydrogen-bond acceptors (Lipinski definition) is 5. The van der Waals surface area contributed by atoms with Crippen LogP contribution in [0.15, 0.2) is 35.3 Å². The van der Waals surface area contributed by atoms with Crippen molar-refractivity contribution in [2.45, 2.75) is 18.9 Å². The molecule has 1 atom stereocenters. The Labute approximate surface area is 127 Å². The third-order valence-electron chi connectivity index (χ3n) is 3.84. The van der Waals surface area contributed by atoms with Gasteiger partial charge in [-0.1, -0.05) is 0 Å². The van der Waals surface area contributed by atoms with Gasteiger partial charge in [-0.25, -0.2) is 10.1 Å². The number of nitrogens with zero attached hydrogens (tertiary/aromatic N) is 3. The Morgan fingerprint density at radius 2 is 2.27 bits per heavy atom. The van der Waals surface area contributed by atoms with Crippen LogP contribution >= 0.6 is 0 Å². The first kappa shape index (κ1) is 14.2. The maximum atomic E-state index is 12.6. The maximum Gasteiger partial charge on any atom is 0.274 e. The smallest absolute Gasteiger partial charge is 0.274 e. The zero-order chi connectivity index (χ0) is 15.5. The first-order chi connectivity index (χ1) is 10.7. The molecule has 7 heteroatoms. The number of H-pyrrole nitrogens is 1. The van der Waals surface area contributed by atoms with Crippen LogP contribution in [0.4, 0.5) is 5.82 Å². The van der Waals surface area contributed by atoms with E-state index in [1.807, 2.05) is 19.2 Å². The van der Waals surface area contributed by atoms with Crippen molar-refractivity contribution in [3.05, 3.63) is 52.1 Å². The Kier molecular flexibility index (Phi) is 3.86. The van der Waals surface area contributed by atoms with E-state index < -0.39 is 0 Å². The van der Waals surface area contributed by atoms with Crippen LogP contribution in [0.3, 0.4) is 0 Å². The maximum absolute atomic E-state index is 12.6. The molecule has 1 amide bonds. The summed E-state index contributed by atoms with van der Waals surface area (Å²) in [5, 5.41) is 9.14. The number of anilines is 1. The number of rotatable bonds is 3. The number of amides is 1. The molecule has 1 saturated heterocycles. The number of carbonyl (C=O) groups is 1. The quantitative estimate of drug-likeness (QED) is 0.888. The predicted octanol–water partition coefficient (Wildman–Crippen LogP) is 1.18. The van der Waals surface area contributed by atoms with Gasteiger partial charge in [0.25, 0.3) is 11.5 Å². The van der Waals surface area contributed by atoms with Crippen LogP contribution in [0.2, 0.25) is 0 Å². The Morgan fingerprint density at radius 1 is 1.41 bits per heavy atom. The third-order valence-corrected chi connectivity index (χ3v) is 3.84. The molecule has 2 aromatic heterocycles. The number of pyridine rings is 1. The molecule has 0 aromatic carbocycles. The number of aromatic amines is 1. The molecular weight excluding hydrogens is 282 g/mol. The van der Waals surface area contributed by atoms with Gasteiger partial charge in [0.1, 0.15) is 11.5 Å². The van der Waals surface area contributed by atoms with Crippen molar-refractivity contribution >= 4 is 11.7 Å². The fourth-order valence-electron chi connectivity index (χ4n) is 2.76. The van der Waals surface area contributed by atoms with E-state index in [4.69, 9.17) is 0 Å². The van der Waals surface area contributed by atoms with Gasteiger partial charge in [0.15, 0.2) is 0 Å². The van der Waals surface area contributed by atoms with Gasteiger partial charge >= 0.3 is 0 Å². The van der Waals surface area contributed by atoms with Crippen molar-refractivity contribution in [3.63, 3.8) is 0 Å². The molecule has 0 radical (unpaired) electrons. The summed E-state index contributed by atoms with van der Waals surface area (Å²) in [6, 6.07) is 6.67. The standard InChI is InChI=1S/C15H17N5O2/c1-16-13-9-10(6-7-17-13)12-3-2-8-20(12)15(22)11-4-5-14(21)19-18-11/h4-7,9,12H,2-3,8H2,1H3,(H,16,17)(H,19,21)/t12-/m0/s1. The molecular formula is C15H17N5O2. The van der Waals surface area contributed by atoms with Gasteiger partial charge < -0.3 is 10.2 Å². The molecule has 2 N–H and O–H groups in total. The zero-order valence-corrected chi connectivity index (χ0v) is 12.2. The zero-order valence-electron chi connectivity index (χ0n) is 12.2. The van der Waals surface area contributed by atoms with Gasteiger partial charge in [-0.2, -0.15) is 5.10 Å². The van der Waals surface area contributed by atoms with Gasteiger partial charge in [0.2, 0.25) is 0 Å². The largest absolute Gasteiger partial charge is 0.373 e. The molecule has 22 heavy (non-hydrogen) atoms. The van der Waals surface area contributed by atoms with Crippen LogP contribution in [0.1, 0.15) is 34.9 Å².